The van der Waals surface area contributed by atoms with E-state index in [0.717, 1.165) is 60.9 Å². The Kier molecular flexibility index (Phi) is 11.3. The number of carbonyl (C=O) groups is 2. The predicted octanol–water partition coefficient (Wildman–Crippen LogP) is 4.90. The van der Waals surface area contributed by atoms with Crippen molar-refractivity contribution in [3.63, 3.8) is 0 Å². The van der Waals surface area contributed by atoms with Crippen molar-refractivity contribution in [1.29, 1.82) is 0 Å². The molecule has 6 rings (SSSR count). The lowest BCUT2D eigenvalue weighted by Crippen LogP contribution is -2.51. The van der Waals surface area contributed by atoms with E-state index < -0.39 is 18.4 Å². The molecule has 49 heavy (non-hydrogen) atoms. The number of nitrogens with one attached hydrogen (secondary N) is 2. The zero-order valence-corrected chi connectivity index (χ0v) is 27.9. The summed E-state index contributed by atoms with van der Waals surface area (Å²) in [6.07, 6.45) is 2.86. The van der Waals surface area contributed by atoms with Crippen LogP contribution >= 0.6 is 0 Å². The molecule has 3 aromatic carbocycles. The summed E-state index contributed by atoms with van der Waals surface area (Å²) >= 11 is 0. The number of hydrogen-bond donors (Lipinski definition) is 3. The van der Waals surface area contributed by atoms with Crippen molar-refractivity contribution < 1.29 is 24.2 Å². The SMILES string of the molecule is CC(=O)C(Cc1ccccc1)NC(=O)Nc1cccc(C2OC(CN3CCN(c4ncccn4)CC3)C(C)C(c3ccc(CO)cc3)O2)c1. The summed E-state index contributed by atoms with van der Waals surface area (Å²) in [7, 11) is 0. The molecule has 2 saturated heterocycles. The van der Waals surface area contributed by atoms with E-state index >= 15 is 0 Å². The number of benzene rings is 3. The van der Waals surface area contributed by atoms with E-state index in [0.29, 0.717) is 12.1 Å². The number of hydrogen-bond acceptors (Lipinski definition) is 9. The summed E-state index contributed by atoms with van der Waals surface area (Å²) < 4.78 is 13.4. The maximum absolute atomic E-state index is 13.1. The normalized spacial score (nSPS) is 21.9. The van der Waals surface area contributed by atoms with Crippen LogP contribution in [0.3, 0.4) is 0 Å². The van der Waals surface area contributed by atoms with Crippen molar-refractivity contribution in [2.45, 2.75) is 51.4 Å². The van der Waals surface area contributed by atoms with Gasteiger partial charge >= 0.3 is 6.03 Å². The second-order valence-electron chi connectivity index (χ2n) is 12.7. The minimum atomic E-state index is -0.685. The number of anilines is 2. The zero-order valence-electron chi connectivity index (χ0n) is 27.9. The first-order chi connectivity index (χ1) is 23.9. The third-order valence-electron chi connectivity index (χ3n) is 9.26. The quantitative estimate of drug-likeness (QED) is 0.205. The Balaban J connectivity index is 1.16. The molecule has 256 valence electrons. The maximum atomic E-state index is 13.1. The van der Waals surface area contributed by atoms with E-state index in [1.807, 2.05) is 78.9 Å². The number of ketones is 1. The molecule has 3 heterocycles. The van der Waals surface area contributed by atoms with Gasteiger partial charge in [0.15, 0.2) is 12.1 Å². The highest BCUT2D eigenvalue weighted by Gasteiger charge is 2.39. The molecule has 0 radical (unpaired) electrons. The van der Waals surface area contributed by atoms with E-state index in [2.05, 4.69) is 37.3 Å². The second kappa shape index (κ2) is 16.1. The van der Waals surface area contributed by atoms with Crippen LogP contribution in [0.1, 0.15) is 48.5 Å². The first-order valence-electron chi connectivity index (χ1n) is 16.8. The summed E-state index contributed by atoms with van der Waals surface area (Å²) in [6, 6.07) is 25.6. The minimum Gasteiger partial charge on any atom is -0.392 e. The Labute approximate surface area is 287 Å². The summed E-state index contributed by atoms with van der Waals surface area (Å²) in [5.74, 6) is 0.663. The second-order valence-corrected chi connectivity index (χ2v) is 12.7. The van der Waals surface area contributed by atoms with Crippen LogP contribution in [0, 0.1) is 5.92 Å². The minimum absolute atomic E-state index is 0.0253. The number of nitrogens with zero attached hydrogens (tertiary/aromatic N) is 4. The van der Waals surface area contributed by atoms with Crippen LogP contribution in [-0.2, 0) is 27.3 Å². The van der Waals surface area contributed by atoms with Gasteiger partial charge in [-0.15, -0.1) is 0 Å². The van der Waals surface area contributed by atoms with Crippen LogP contribution < -0.4 is 15.5 Å². The molecule has 0 bridgehead atoms. The van der Waals surface area contributed by atoms with E-state index in [1.165, 1.54) is 6.92 Å². The van der Waals surface area contributed by atoms with Gasteiger partial charge in [-0.1, -0.05) is 73.7 Å². The van der Waals surface area contributed by atoms with Gasteiger partial charge < -0.3 is 30.1 Å². The van der Waals surface area contributed by atoms with Crippen LogP contribution in [0.2, 0.25) is 0 Å². The number of amides is 2. The maximum Gasteiger partial charge on any atom is 0.319 e. The lowest BCUT2D eigenvalue weighted by molar-refractivity contribution is -0.276. The van der Waals surface area contributed by atoms with Crippen molar-refractivity contribution >= 4 is 23.5 Å². The van der Waals surface area contributed by atoms with Crippen LogP contribution in [0.15, 0.2) is 97.3 Å². The van der Waals surface area contributed by atoms with Gasteiger partial charge in [-0.2, -0.15) is 0 Å². The van der Waals surface area contributed by atoms with Crippen molar-refractivity contribution in [2.24, 2.45) is 5.92 Å². The topological polar surface area (TPSA) is 129 Å². The van der Waals surface area contributed by atoms with E-state index in [4.69, 9.17) is 9.47 Å². The molecule has 11 nitrogen and oxygen atoms in total. The highest BCUT2D eigenvalue weighted by Crippen LogP contribution is 2.42. The number of piperazine rings is 1. The first-order valence-corrected chi connectivity index (χ1v) is 16.8. The van der Waals surface area contributed by atoms with E-state index in [-0.39, 0.29) is 30.5 Å². The van der Waals surface area contributed by atoms with Crippen LogP contribution in [0.5, 0.6) is 0 Å². The van der Waals surface area contributed by atoms with E-state index in [9.17, 15) is 14.7 Å². The smallest absolute Gasteiger partial charge is 0.319 e. The monoisotopic (exact) mass is 664 g/mol. The number of aliphatic hydroxyl groups excluding tert-OH is 1. The molecule has 4 aromatic rings. The lowest BCUT2D eigenvalue weighted by atomic mass is 9.90. The largest absolute Gasteiger partial charge is 0.392 e. The summed E-state index contributed by atoms with van der Waals surface area (Å²) in [5, 5.41) is 15.3. The van der Waals surface area contributed by atoms with Crippen molar-refractivity contribution in [2.75, 3.05) is 42.9 Å². The third-order valence-corrected chi connectivity index (χ3v) is 9.26. The van der Waals surface area contributed by atoms with Gasteiger partial charge in [0.25, 0.3) is 0 Å². The number of aliphatic hydroxyl groups is 1. The Morgan fingerprint density at radius 2 is 1.61 bits per heavy atom. The number of aromatic nitrogens is 2. The average molecular weight is 665 g/mol. The Bertz CT molecular complexity index is 1670. The van der Waals surface area contributed by atoms with Gasteiger partial charge in [0.05, 0.1) is 24.9 Å². The molecular weight excluding hydrogens is 620 g/mol. The Morgan fingerprint density at radius 1 is 0.878 bits per heavy atom. The first kappa shape index (κ1) is 34.2. The third kappa shape index (κ3) is 8.87. The number of ether oxygens (including phenoxy) is 2. The number of urea groups is 1. The molecule has 0 spiro atoms. The van der Waals surface area contributed by atoms with Gasteiger partial charge in [0.1, 0.15) is 0 Å². The highest BCUT2D eigenvalue weighted by molar-refractivity contribution is 5.93. The summed E-state index contributed by atoms with van der Waals surface area (Å²) in [5.41, 5.74) is 4.14. The average Bonchev–Trinajstić information content (AvgIpc) is 3.13. The van der Waals surface area contributed by atoms with Gasteiger partial charge in [-0.3, -0.25) is 9.69 Å². The molecule has 3 N–H and O–H groups in total. The molecule has 2 aliphatic rings. The molecule has 2 amide bonds. The summed E-state index contributed by atoms with van der Waals surface area (Å²) in [6.45, 7) is 7.69. The van der Waals surface area contributed by atoms with Gasteiger partial charge in [0.2, 0.25) is 5.95 Å². The van der Waals surface area contributed by atoms with Crippen LogP contribution in [0.25, 0.3) is 0 Å². The molecule has 0 saturated carbocycles. The molecule has 5 atom stereocenters. The molecule has 5 unspecified atom stereocenters. The molecule has 0 aliphatic carbocycles. The van der Waals surface area contributed by atoms with Gasteiger partial charge in [-0.05, 0) is 48.2 Å². The van der Waals surface area contributed by atoms with Crippen LogP contribution in [0.4, 0.5) is 16.4 Å². The molecule has 2 aliphatic heterocycles. The fourth-order valence-electron chi connectivity index (χ4n) is 6.40. The van der Waals surface area contributed by atoms with Gasteiger partial charge in [-0.25, -0.2) is 14.8 Å². The van der Waals surface area contributed by atoms with Crippen molar-refractivity contribution in [3.8, 4) is 0 Å². The lowest BCUT2D eigenvalue weighted by Gasteiger charge is -2.44. The zero-order chi connectivity index (χ0) is 34.2. The fraction of sp³-hybridized carbons (Fsp3) is 0.368. The molecule has 2 fully saturated rings. The van der Waals surface area contributed by atoms with Gasteiger partial charge in [0, 0.05) is 62.3 Å². The standard InChI is InChI=1S/C38H44N6O5/c1-26-34(24-43-18-20-44(21-19-43)37-39-16-7-17-40-37)48-36(49-35(26)30-14-12-29(25-45)13-15-30)31-10-6-11-32(23-31)41-38(47)42-33(27(2)46)22-28-8-4-3-5-9-28/h3-17,23,26,33-36,45H,18-22,24-25H2,1-2H3,(H2,41,42,47). The number of carbonyl (C=O) groups excluding carboxylic acids is 2. The fourth-order valence-corrected chi connectivity index (χ4v) is 6.40. The Hall–Kier alpha value is -4.68. The Morgan fingerprint density at radius 3 is 2.31 bits per heavy atom. The molecule has 1 aromatic heterocycles. The number of Topliss-reactive ketones (excluding diaryl/α,β-unsaturated/α-hetero) is 1. The molecule has 11 heteroatoms. The summed E-state index contributed by atoms with van der Waals surface area (Å²) in [4.78, 5) is 38.9. The molecular formula is C38H44N6O5. The van der Waals surface area contributed by atoms with Crippen molar-refractivity contribution in [1.82, 2.24) is 20.2 Å². The van der Waals surface area contributed by atoms with Crippen molar-refractivity contribution in [3.05, 3.63) is 120 Å². The predicted molar refractivity (Wildman–Crippen MR) is 187 cm³/mol. The van der Waals surface area contributed by atoms with Crippen LogP contribution in [-0.4, -0.2) is 76.7 Å². The number of rotatable bonds is 11. The highest BCUT2D eigenvalue weighted by atomic mass is 16.7. The van der Waals surface area contributed by atoms with E-state index in [1.54, 1.807) is 18.5 Å².